The lowest BCUT2D eigenvalue weighted by atomic mass is 9.55. The second-order valence-electron chi connectivity index (χ2n) is 9.40. The summed E-state index contributed by atoms with van der Waals surface area (Å²) in [5.74, 6) is 2.25. The molecular weight excluding hydrogens is 320 g/mol. The summed E-state index contributed by atoms with van der Waals surface area (Å²) in [4.78, 5) is 16.4. The SMILES string of the molecule is CC.CC(=O)CCCCCN1CCC(N2CC3(CC(C(C)C)C3)C2)CC1. The Morgan fingerprint density at radius 2 is 1.65 bits per heavy atom. The summed E-state index contributed by atoms with van der Waals surface area (Å²) in [5, 5.41) is 0. The molecule has 0 radical (unpaired) electrons. The fourth-order valence-electron chi connectivity index (χ4n) is 5.25. The van der Waals surface area contributed by atoms with E-state index in [2.05, 4.69) is 23.6 Å². The highest BCUT2D eigenvalue weighted by Gasteiger charge is 2.53. The van der Waals surface area contributed by atoms with Crippen LogP contribution < -0.4 is 0 Å². The molecule has 1 saturated carbocycles. The molecule has 0 aromatic carbocycles. The standard InChI is InChI=1S/C21H38N2O.C2H6/c1-17(2)19-13-21(14-19)15-23(16-21)20-8-11-22(12-9-20)10-6-4-5-7-18(3)24;1-2/h17,19-20H,4-16H2,1-3H3;1-2H3. The summed E-state index contributed by atoms with van der Waals surface area (Å²) < 4.78 is 0. The quantitative estimate of drug-likeness (QED) is 0.567. The number of hydrogen-bond donors (Lipinski definition) is 0. The van der Waals surface area contributed by atoms with Gasteiger partial charge in [-0.15, -0.1) is 0 Å². The number of hydrogen-bond acceptors (Lipinski definition) is 3. The van der Waals surface area contributed by atoms with E-state index >= 15 is 0 Å². The summed E-state index contributed by atoms with van der Waals surface area (Å²) in [7, 11) is 0. The number of likely N-dealkylation sites (tertiary alicyclic amines) is 2. The molecule has 0 bridgehead atoms. The Kier molecular flexibility index (Phi) is 8.60. The van der Waals surface area contributed by atoms with Crippen molar-refractivity contribution in [1.82, 2.24) is 9.80 Å². The summed E-state index contributed by atoms with van der Waals surface area (Å²) in [5.41, 5.74) is 0.739. The second-order valence-corrected chi connectivity index (χ2v) is 9.40. The van der Waals surface area contributed by atoms with Gasteiger partial charge in [0.2, 0.25) is 0 Å². The van der Waals surface area contributed by atoms with Crippen LogP contribution in [0.5, 0.6) is 0 Å². The summed E-state index contributed by atoms with van der Waals surface area (Å²) in [6.45, 7) is 17.1. The van der Waals surface area contributed by atoms with Crippen LogP contribution >= 0.6 is 0 Å². The van der Waals surface area contributed by atoms with Crippen LogP contribution in [0.1, 0.15) is 86.0 Å². The van der Waals surface area contributed by atoms with Crippen LogP contribution in [0, 0.1) is 17.3 Å². The number of rotatable bonds is 8. The molecule has 0 N–H and O–H groups in total. The summed E-state index contributed by atoms with van der Waals surface area (Å²) in [6, 6.07) is 0.864. The number of ketones is 1. The van der Waals surface area contributed by atoms with Crippen molar-refractivity contribution in [1.29, 1.82) is 0 Å². The van der Waals surface area contributed by atoms with Gasteiger partial charge in [-0.1, -0.05) is 34.1 Å². The Bertz CT molecular complexity index is 412. The zero-order chi connectivity index (χ0) is 19.2. The van der Waals surface area contributed by atoms with Gasteiger partial charge in [-0.05, 0) is 82.3 Å². The Morgan fingerprint density at radius 1 is 1.04 bits per heavy atom. The Balaban J connectivity index is 0.00000117. The van der Waals surface area contributed by atoms with Crippen LogP contribution in [-0.4, -0.2) is 54.3 Å². The number of nitrogens with zero attached hydrogens (tertiary/aromatic N) is 2. The Morgan fingerprint density at radius 3 is 2.19 bits per heavy atom. The van der Waals surface area contributed by atoms with E-state index in [9.17, 15) is 4.79 Å². The van der Waals surface area contributed by atoms with Gasteiger partial charge in [0.1, 0.15) is 5.78 Å². The van der Waals surface area contributed by atoms with Gasteiger partial charge in [0.05, 0.1) is 0 Å². The molecule has 3 heteroatoms. The highest BCUT2D eigenvalue weighted by molar-refractivity contribution is 5.75. The summed E-state index contributed by atoms with van der Waals surface area (Å²) in [6.07, 6.45) is 10.1. The van der Waals surface area contributed by atoms with E-state index in [1.807, 2.05) is 13.8 Å². The minimum Gasteiger partial charge on any atom is -0.303 e. The maximum atomic E-state index is 11.0. The molecule has 2 heterocycles. The fourth-order valence-corrected chi connectivity index (χ4v) is 5.25. The van der Waals surface area contributed by atoms with E-state index in [-0.39, 0.29) is 0 Å². The van der Waals surface area contributed by atoms with Gasteiger partial charge in [-0.3, -0.25) is 4.90 Å². The van der Waals surface area contributed by atoms with Gasteiger partial charge < -0.3 is 9.69 Å². The van der Waals surface area contributed by atoms with Crippen LogP contribution in [0.25, 0.3) is 0 Å². The lowest BCUT2D eigenvalue weighted by Crippen LogP contribution is -2.66. The van der Waals surface area contributed by atoms with Crippen LogP contribution in [0.2, 0.25) is 0 Å². The molecule has 3 nitrogen and oxygen atoms in total. The molecule has 3 rings (SSSR count). The largest absolute Gasteiger partial charge is 0.303 e. The van der Waals surface area contributed by atoms with E-state index in [0.717, 1.165) is 36.1 Å². The maximum Gasteiger partial charge on any atom is 0.129 e. The zero-order valence-corrected chi connectivity index (χ0v) is 18.2. The van der Waals surface area contributed by atoms with Gasteiger partial charge in [-0.2, -0.15) is 0 Å². The second kappa shape index (κ2) is 10.2. The molecule has 0 aromatic heterocycles. The first-order valence-corrected chi connectivity index (χ1v) is 11.4. The average Bonchev–Trinajstić information content (AvgIpc) is 2.54. The van der Waals surface area contributed by atoms with Crippen molar-refractivity contribution in [2.24, 2.45) is 17.3 Å². The molecule has 2 aliphatic heterocycles. The normalized spacial score (nSPS) is 24.1. The van der Waals surface area contributed by atoms with Crippen molar-refractivity contribution in [3.63, 3.8) is 0 Å². The van der Waals surface area contributed by atoms with Crippen molar-refractivity contribution >= 4 is 5.78 Å². The molecule has 0 aromatic rings. The number of carbonyl (C=O) groups excluding carboxylic acids is 1. The lowest BCUT2D eigenvalue weighted by molar-refractivity contribution is -0.129. The molecule has 3 fully saturated rings. The molecular formula is C23H44N2O. The predicted molar refractivity (Wildman–Crippen MR) is 112 cm³/mol. The molecule has 152 valence electrons. The average molecular weight is 365 g/mol. The number of Topliss-reactive ketones (excluding diaryl/α,β-unsaturated/α-hetero) is 1. The molecule has 0 atom stereocenters. The molecule has 3 aliphatic rings. The first-order valence-electron chi connectivity index (χ1n) is 11.4. The highest BCUT2D eigenvalue weighted by Crippen LogP contribution is 2.55. The number of piperidine rings is 1. The first kappa shape index (κ1) is 21.9. The number of carbonyl (C=O) groups is 1. The predicted octanol–water partition coefficient (Wildman–Crippen LogP) is 4.99. The summed E-state index contributed by atoms with van der Waals surface area (Å²) >= 11 is 0. The van der Waals surface area contributed by atoms with E-state index < -0.39 is 0 Å². The van der Waals surface area contributed by atoms with Gasteiger partial charge in [0.25, 0.3) is 0 Å². The molecule has 0 unspecified atom stereocenters. The van der Waals surface area contributed by atoms with Crippen LogP contribution in [0.3, 0.4) is 0 Å². The number of unbranched alkanes of at least 4 members (excludes halogenated alkanes) is 2. The zero-order valence-electron chi connectivity index (χ0n) is 18.2. The molecule has 1 aliphatic carbocycles. The molecule has 2 saturated heterocycles. The van der Waals surface area contributed by atoms with Crippen molar-refractivity contribution in [3.05, 3.63) is 0 Å². The van der Waals surface area contributed by atoms with Gasteiger partial charge in [-0.25, -0.2) is 0 Å². The van der Waals surface area contributed by atoms with Crippen molar-refractivity contribution < 1.29 is 4.79 Å². The van der Waals surface area contributed by atoms with Gasteiger partial charge in [0, 0.05) is 25.6 Å². The van der Waals surface area contributed by atoms with E-state index in [1.54, 1.807) is 6.92 Å². The Hall–Kier alpha value is -0.410. The Labute approximate surface area is 162 Å². The van der Waals surface area contributed by atoms with E-state index in [1.165, 1.54) is 71.2 Å². The third-order valence-electron chi connectivity index (χ3n) is 6.99. The van der Waals surface area contributed by atoms with Crippen LogP contribution in [0.15, 0.2) is 0 Å². The molecule has 26 heavy (non-hydrogen) atoms. The van der Waals surface area contributed by atoms with Crippen LogP contribution in [-0.2, 0) is 4.79 Å². The van der Waals surface area contributed by atoms with E-state index in [4.69, 9.17) is 0 Å². The van der Waals surface area contributed by atoms with Gasteiger partial charge in [0.15, 0.2) is 0 Å². The van der Waals surface area contributed by atoms with Crippen LogP contribution in [0.4, 0.5) is 0 Å². The van der Waals surface area contributed by atoms with Crippen molar-refractivity contribution in [2.45, 2.75) is 92.0 Å². The lowest BCUT2D eigenvalue weighted by Gasteiger charge is -2.62. The van der Waals surface area contributed by atoms with Crippen molar-refractivity contribution in [3.8, 4) is 0 Å². The highest BCUT2D eigenvalue weighted by atomic mass is 16.1. The third kappa shape index (κ3) is 5.79. The topological polar surface area (TPSA) is 23.6 Å². The molecule has 0 amide bonds. The first-order chi connectivity index (χ1) is 12.5. The monoisotopic (exact) mass is 364 g/mol. The van der Waals surface area contributed by atoms with Gasteiger partial charge >= 0.3 is 0 Å². The van der Waals surface area contributed by atoms with Crippen molar-refractivity contribution in [2.75, 3.05) is 32.7 Å². The fraction of sp³-hybridized carbons (Fsp3) is 0.957. The smallest absolute Gasteiger partial charge is 0.129 e. The maximum absolute atomic E-state index is 11.0. The minimum absolute atomic E-state index is 0.342. The minimum atomic E-state index is 0.342. The van der Waals surface area contributed by atoms with E-state index in [0.29, 0.717) is 5.78 Å². The molecule has 1 spiro atoms. The third-order valence-corrected chi connectivity index (χ3v) is 6.99.